The number of methoxy groups -OCH3 is 1. The molecule has 0 radical (unpaired) electrons. The first-order chi connectivity index (χ1) is 9.67. The lowest BCUT2D eigenvalue weighted by molar-refractivity contribution is 0.0948. The Kier molecular flexibility index (Phi) is 8.57. The van der Waals surface area contributed by atoms with Gasteiger partial charge in [0.2, 0.25) is 0 Å². The molecule has 1 amide bonds. The molecule has 1 rings (SSSR count). The maximum Gasteiger partial charge on any atom is 0.409 e. The lowest BCUT2D eigenvalue weighted by atomic mass is 10.1. The van der Waals surface area contributed by atoms with Gasteiger partial charge in [-0.3, -0.25) is 0 Å². The van der Waals surface area contributed by atoms with E-state index in [9.17, 15) is 4.79 Å². The molecule has 0 aromatic rings. The number of piperidine rings is 1. The molecule has 6 nitrogen and oxygen atoms in total. The molecule has 20 heavy (non-hydrogen) atoms. The Balaban J connectivity index is 2.09. The number of nitrogens with zero attached hydrogens (tertiary/aromatic N) is 2. The van der Waals surface area contributed by atoms with Crippen molar-refractivity contribution in [3.8, 4) is 0 Å². The van der Waals surface area contributed by atoms with Crippen LogP contribution in [0.2, 0.25) is 0 Å². The number of likely N-dealkylation sites (N-methyl/N-ethyl adjacent to an activating group) is 1. The van der Waals surface area contributed by atoms with Crippen molar-refractivity contribution in [3.05, 3.63) is 0 Å². The Labute approximate surface area is 122 Å². The number of nitrogens with one attached hydrogen (secondary N) is 1. The van der Waals surface area contributed by atoms with Crippen molar-refractivity contribution < 1.29 is 14.3 Å². The number of carbonyl (C=O) groups is 1. The topological polar surface area (TPSA) is 54.0 Å². The molecule has 0 aromatic carbocycles. The van der Waals surface area contributed by atoms with Gasteiger partial charge in [-0.15, -0.1) is 0 Å². The number of rotatable bonds is 8. The number of hydrogen-bond donors (Lipinski definition) is 1. The van der Waals surface area contributed by atoms with Crippen molar-refractivity contribution in [2.75, 3.05) is 60.1 Å². The zero-order valence-electron chi connectivity index (χ0n) is 13.1. The van der Waals surface area contributed by atoms with Gasteiger partial charge in [-0.2, -0.15) is 0 Å². The monoisotopic (exact) mass is 287 g/mol. The zero-order valence-corrected chi connectivity index (χ0v) is 13.1. The van der Waals surface area contributed by atoms with Crippen molar-refractivity contribution in [2.24, 2.45) is 0 Å². The molecule has 0 aromatic heterocycles. The number of hydrogen-bond acceptors (Lipinski definition) is 5. The average molecular weight is 287 g/mol. The van der Waals surface area contributed by atoms with Gasteiger partial charge in [-0.25, -0.2) is 4.79 Å². The highest BCUT2D eigenvalue weighted by Crippen LogP contribution is 2.11. The summed E-state index contributed by atoms with van der Waals surface area (Å²) < 4.78 is 10.1. The molecule has 0 unspecified atom stereocenters. The van der Waals surface area contributed by atoms with Gasteiger partial charge in [-0.1, -0.05) is 0 Å². The molecule has 1 aliphatic rings. The standard InChI is InChI=1S/C14H29N3O3/c1-4-20-14(18)17-8-5-13(6-9-17)15-7-10-16(2)11-12-19-3/h13,15H,4-12H2,1-3H3. The number of ether oxygens (including phenoxy) is 2. The summed E-state index contributed by atoms with van der Waals surface area (Å²) in [4.78, 5) is 15.6. The van der Waals surface area contributed by atoms with Gasteiger partial charge in [0.25, 0.3) is 0 Å². The first kappa shape index (κ1) is 17.2. The normalized spacial score (nSPS) is 16.7. The number of carbonyl (C=O) groups excluding carboxylic acids is 1. The SMILES string of the molecule is CCOC(=O)N1CCC(NCCN(C)CCOC)CC1. The second-order valence-electron chi connectivity index (χ2n) is 5.21. The summed E-state index contributed by atoms with van der Waals surface area (Å²) in [7, 11) is 3.83. The van der Waals surface area contributed by atoms with Crippen LogP contribution >= 0.6 is 0 Å². The second kappa shape index (κ2) is 9.96. The molecule has 1 saturated heterocycles. The lowest BCUT2D eigenvalue weighted by Crippen LogP contribution is -2.46. The van der Waals surface area contributed by atoms with E-state index in [0.29, 0.717) is 12.6 Å². The molecule has 0 aliphatic carbocycles. The largest absolute Gasteiger partial charge is 0.450 e. The van der Waals surface area contributed by atoms with Crippen LogP contribution in [0.4, 0.5) is 4.79 Å². The van der Waals surface area contributed by atoms with Crippen molar-refractivity contribution in [2.45, 2.75) is 25.8 Å². The van der Waals surface area contributed by atoms with E-state index < -0.39 is 0 Å². The van der Waals surface area contributed by atoms with Gasteiger partial charge in [0.15, 0.2) is 0 Å². The summed E-state index contributed by atoms with van der Waals surface area (Å²) in [6.45, 7) is 7.59. The third-order valence-corrected chi connectivity index (χ3v) is 3.62. The van der Waals surface area contributed by atoms with Gasteiger partial charge in [-0.05, 0) is 26.8 Å². The van der Waals surface area contributed by atoms with Crippen molar-refractivity contribution in [1.82, 2.24) is 15.1 Å². The van der Waals surface area contributed by atoms with Gasteiger partial charge in [0, 0.05) is 45.9 Å². The van der Waals surface area contributed by atoms with E-state index in [1.807, 2.05) is 6.92 Å². The van der Waals surface area contributed by atoms with Gasteiger partial charge in [0.1, 0.15) is 0 Å². The fraction of sp³-hybridized carbons (Fsp3) is 0.929. The first-order valence-electron chi connectivity index (χ1n) is 7.50. The molecule has 1 aliphatic heterocycles. The van der Waals surface area contributed by atoms with E-state index in [1.54, 1.807) is 12.0 Å². The molecular weight excluding hydrogens is 258 g/mol. The van der Waals surface area contributed by atoms with Crippen LogP contribution in [0, 0.1) is 0 Å². The molecule has 1 N–H and O–H groups in total. The quantitative estimate of drug-likeness (QED) is 0.715. The lowest BCUT2D eigenvalue weighted by Gasteiger charge is -2.32. The summed E-state index contributed by atoms with van der Waals surface area (Å²) in [6.07, 6.45) is 1.83. The van der Waals surface area contributed by atoms with Crippen LogP contribution in [-0.2, 0) is 9.47 Å². The fourth-order valence-corrected chi connectivity index (χ4v) is 2.30. The molecule has 6 heteroatoms. The first-order valence-corrected chi connectivity index (χ1v) is 7.50. The van der Waals surface area contributed by atoms with Gasteiger partial charge >= 0.3 is 6.09 Å². The maximum atomic E-state index is 11.6. The summed E-state index contributed by atoms with van der Waals surface area (Å²) in [5.74, 6) is 0. The minimum absolute atomic E-state index is 0.176. The highest BCUT2D eigenvalue weighted by molar-refractivity contribution is 5.67. The van der Waals surface area contributed by atoms with Crippen LogP contribution in [0.1, 0.15) is 19.8 Å². The molecule has 1 fully saturated rings. The van der Waals surface area contributed by atoms with E-state index in [-0.39, 0.29) is 6.09 Å². The maximum absolute atomic E-state index is 11.6. The Morgan fingerprint density at radius 1 is 1.35 bits per heavy atom. The third kappa shape index (κ3) is 6.54. The van der Waals surface area contributed by atoms with Crippen LogP contribution < -0.4 is 5.32 Å². The van der Waals surface area contributed by atoms with Crippen LogP contribution in [0.25, 0.3) is 0 Å². The predicted octanol–water partition coefficient (Wildman–Crippen LogP) is 0.775. The van der Waals surface area contributed by atoms with Crippen LogP contribution in [0.3, 0.4) is 0 Å². The van der Waals surface area contributed by atoms with E-state index in [0.717, 1.165) is 52.2 Å². The fourth-order valence-electron chi connectivity index (χ4n) is 2.30. The van der Waals surface area contributed by atoms with Crippen LogP contribution in [0.5, 0.6) is 0 Å². The molecule has 1 heterocycles. The molecule has 0 spiro atoms. The van der Waals surface area contributed by atoms with E-state index in [4.69, 9.17) is 9.47 Å². The molecule has 118 valence electrons. The van der Waals surface area contributed by atoms with Crippen LogP contribution in [0.15, 0.2) is 0 Å². The molecule has 0 atom stereocenters. The highest BCUT2D eigenvalue weighted by Gasteiger charge is 2.22. The van der Waals surface area contributed by atoms with Gasteiger partial charge in [0.05, 0.1) is 13.2 Å². The Morgan fingerprint density at radius 3 is 2.65 bits per heavy atom. The second-order valence-corrected chi connectivity index (χ2v) is 5.21. The van der Waals surface area contributed by atoms with Crippen molar-refractivity contribution >= 4 is 6.09 Å². The molecular formula is C14H29N3O3. The summed E-state index contributed by atoms with van der Waals surface area (Å²) in [5.41, 5.74) is 0. The van der Waals surface area contributed by atoms with Crippen molar-refractivity contribution in [1.29, 1.82) is 0 Å². The molecule has 0 bridgehead atoms. The number of likely N-dealkylation sites (tertiary alicyclic amines) is 1. The average Bonchev–Trinajstić information content (AvgIpc) is 2.46. The van der Waals surface area contributed by atoms with E-state index in [2.05, 4.69) is 17.3 Å². The Morgan fingerprint density at radius 2 is 2.05 bits per heavy atom. The minimum atomic E-state index is -0.176. The summed E-state index contributed by atoms with van der Waals surface area (Å²) in [6, 6.07) is 0.511. The van der Waals surface area contributed by atoms with Crippen molar-refractivity contribution in [3.63, 3.8) is 0 Å². The van der Waals surface area contributed by atoms with E-state index in [1.165, 1.54) is 0 Å². The third-order valence-electron chi connectivity index (χ3n) is 3.62. The predicted molar refractivity (Wildman–Crippen MR) is 79.0 cm³/mol. The minimum Gasteiger partial charge on any atom is -0.450 e. The van der Waals surface area contributed by atoms with Gasteiger partial charge < -0.3 is 24.6 Å². The number of amides is 1. The summed E-state index contributed by atoms with van der Waals surface area (Å²) >= 11 is 0. The van der Waals surface area contributed by atoms with Crippen LogP contribution in [-0.4, -0.2) is 82.0 Å². The Bertz CT molecular complexity index is 268. The summed E-state index contributed by atoms with van der Waals surface area (Å²) in [5, 5.41) is 3.56. The smallest absolute Gasteiger partial charge is 0.409 e. The Hall–Kier alpha value is -0.850. The molecule has 0 saturated carbocycles. The zero-order chi connectivity index (χ0) is 14.8. The van der Waals surface area contributed by atoms with E-state index >= 15 is 0 Å². The highest BCUT2D eigenvalue weighted by atomic mass is 16.6.